The second-order valence-corrected chi connectivity index (χ2v) is 23.5. The molecule has 0 bridgehead atoms. The van der Waals surface area contributed by atoms with E-state index in [0.29, 0.717) is 19.3 Å². The minimum absolute atomic E-state index is 0.0617. The molecule has 428 valence electrons. The fourth-order valence-corrected chi connectivity index (χ4v) is 10.3. The molecule has 0 rings (SSSR count). The summed E-state index contributed by atoms with van der Waals surface area (Å²) >= 11 is 0. The molecule has 0 aliphatic rings. The van der Waals surface area contributed by atoms with Gasteiger partial charge in [-0.3, -0.25) is 14.4 Å². The lowest BCUT2D eigenvalue weighted by Gasteiger charge is -2.18. The van der Waals surface area contributed by atoms with Gasteiger partial charge in [0.2, 0.25) is 0 Å². The largest absolute Gasteiger partial charge is 0.462 e. The quantitative estimate of drug-likeness (QED) is 0.0343. The van der Waals surface area contributed by atoms with Crippen molar-refractivity contribution >= 4 is 17.9 Å². The first-order valence-corrected chi connectivity index (χ1v) is 32.8. The SMILES string of the molecule is CCCCCCCCCCCCCCCCCC(=O)OC[C@@H](COC(=O)CCCCCCCCCCCCCCCCCCCCC(C)CC)OC(=O)CCCCCCCCCCCCCCCCC(C)C. The molecule has 0 aliphatic heterocycles. The smallest absolute Gasteiger partial charge is 0.306 e. The van der Waals surface area contributed by atoms with Crippen LogP contribution in [0.5, 0.6) is 0 Å². The summed E-state index contributed by atoms with van der Waals surface area (Å²) in [6.07, 6.45) is 65.3. The van der Waals surface area contributed by atoms with Crippen molar-refractivity contribution in [2.75, 3.05) is 13.2 Å². The molecular weight excluding hydrogens is 889 g/mol. The van der Waals surface area contributed by atoms with E-state index in [9.17, 15) is 14.4 Å². The summed E-state index contributed by atoms with van der Waals surface area (Å²) in [6, 6.07) is 0. The minimum Gasteiger partial charge on any atom is -0.462 e. The van der Waals surface area contributed by atoms with Crippen LogP contribution in [0.4, 0.5) is 0 Å². The van der Waals surface area contributed by atoms with Crippen molar-refractivity contribution in [3.05, 3.63) is 0 Å². The topological polar surface area (TPSA) is 78.9 Å². The first kappa shape index (κ1) is 70.4. The van der Waals surface area contributed by atoms with Gasteiger partial charge in [0.05, 0.1) is 0 Å². The second-order valence-electron chi connectivity index (χ2n) is 23.5. The molecule has 0 heterocycles. The number of rotatable bonds is 60. The zero-order valence-corrected chi connectivity index (χ0v) is 49.6. The third-order valence-corrected chi connectivity index (χ3v) is 15.6. The lowest BCUT2D eigenvalue weighted by molar-refractivity contribution is -0.167. The molecule has 0 aromatic rings. The number of carbonyl (C=O) groups excluding carboxylic acids is 3. The van der Waals surface area contributed by atoms with E-state index in [1.807, 2.05) is 0 Å². The van der Waals surface area contributed by atoms with Gasteiger partial charge in [-0.15, -0.1) is 0 Å². The van der Waals surface area contributed by atoms with Crippen molar-refractivity contribution in [2.45, 2.75) is 381 Å². The lowest BCUT2D eigenvalue weighted by atomic mass is 9.99. The Morgan fingerprint density at radius 1 is 0.292 bits per heavy atom. The molecule has 0 saturated heterocycles. The fraction of sp³-hybridized carbons (Fsp3) is 0.955. The van der Waals surface area contributed by atoms with Crippen molar-refractivity contribution in [2.24, 2.45) is 11.8 Å². The molecule has 2 atom stereocenters. The Kier molecular flexibility index (Phi) is 57.4. The van der Waals surface area contributed by atoms with E-state index in [2.05, 4.69) is 34.6 Å². The summed E-state index contributed by atoms with van der Waals surface area (Å²) in [5.41, 5.74) is 0. The molecule has 0 fully saturated rings. The van der Waals surface area contributed by atoms with Gasteiger partial charge in [-0.05, 0) is 31.1 Å². The highest BCUT2D eigenvalue weighted by atomic mass is 16.6. The average molecular weight is 1020 g/mol. The molecule has 72 heavy (non-hydrogen) atoms. The van der Waals surface area contributed by atoms with E-state index in [4.69, 9.17) is 14.2 Å². The van der Waals surface area contributed by atoms with Gasteiger partial charge in [0.15, 0.2) is 6.10 Å². The molecule has 0 N–H and O–H groups in total. The highest BCUT2D eigenvalue weighted by Crippen LogP contribution is 2.19. The maximum absolute atomic E-state index is 12.9. The van der Waals surface area contributed by atoms with E-state index < -0.39 is 6.10 Å². The molecule has 0 saturated carbocycles. The van der Waals surface area contributed by atoms with Crippen molar-refractivity contribution in [1.29, 1.82) is 0 Å². The van der Waals surface area contributed by atoms with Crippen molar-refractivity contribution < 1.29 is 28.6 Å². The summed E-state index contributed by atoms with van der Waals surface area (Å²) in [7, 11) is 0. The molecule has 1 unspecified atom stereocenters. The van der Waals surface area contributed by atoms with Gasteiger partial charge in [0.1, 0.15) is 13.2 Å². The van der Waals surface area contributed by atoms with E-state index >= 15 is 0 Å². The Hall–Kier alpha value is -1.59. The predicted molar refractivity (Wildman–Crippen MR) is 312 cm³/mol. The summed E-state index contributed by atoms with van der Waals surface area (Å²) in [4.78, 5) is 38.3. The molecule has 0 spiro atoms. The fourth-order valence-electron chi connectivity index (χ4n) is 10.3. The molecule has 6 heteroatoms. The maximum Gasteiger partial charge on any atom is 0.306 e. The third kappa shape index (κ3) is 57.7. The summed E-state index contributed by atoms with van der Waals surface area (Å²) < 4.78 is 17.0. The first-order valence-electron chi connectivity index (χ1n) is 32.8. The third-order valence-electron chi connectivity index (χ3n) is 15.6. The van der Waals surface area contributed by atoms with E-state index in [1.54, 1.807) is 0 Å². The van der Waals surface area contributed by atoms with E-state index in [0.717, 1.165) is 69.6 Å². The first-order chi connectivity index (χ1) is 35.3. The van der Waals surface area contributed by atoms with Crippen LogP contribution < -0.4 is 0 Å². The van der Waals surface area contributed by atoms with Gasteiger partial charge in [-0.25, -0.2) is 0 Å². The van der Waals surface area contributed by atoms with Crippen LogP contribution in [0.15, 0.2) is 0 Å². The van der Waals surface area contributed by atoms with Crippen LogP contribution in [0.1, 0.15) is 375 Å². The average Bonchev–Trinajstić information content (AvgIpc) is 3.37. The molecule has 0 aromatic heterocycles. The van der Waals surface area contributed by atoms with Gasteiger partial charge >= 0.3 is 17.9 Å². The summed E-state index contributed by atoms with van der Waals surface area (Å²) in [5.74, 6) is 0.924. The van der Waals surface area contributed by atoms with Crippen LogP contribution in [0.3, 0.4) is 0 Å². The normalized spacial score (nSPS) is 12.4. The Morgan fingerprint density at radius 2 is 0.528 bits per heavy atom. The van der Waals surface area contributed by atoms with Crippen molar-refractivity contribution in [3.8, 4) is 0 Å². The molecule has 0 amide bonds. The van der Waals surface area contributed by atoms with E-state index in [1.165, 1.54) is 263 Å². The van der Waals surface area contributed by atoms with Crippen LogP contribution in [-0.2, 0) is 28.6 Å². The highest BCUT2D eigenvalue weighted by molar-refractivity contribution is 5.71. The minimum atomic E-state index is -0.764. The van der Waals surface area contributed by atoms with Crippen molar-refractivity contribution in [1.82, 2.24) is 0 Å². The maximum atomic E-state index is 12.9. The monoisotopic (exact) mass is 1020 g/mol. The Morgan fingerprint density at radius 3 is 0.792 bits per heavy atom. The van der Waals surface area contributed by atoms with Crippen LogP contribution >= 0.6 is 0 Å². The number of unbranched alkanes of at least 4 members (excludes halogenated alkanes) is 44. The zero-order valence-electron chi connectivity index (χ0n) is 49.6. The summed E-state index contributed by atoms with van der Waals surface area (Å²) in [6.45, 7) is 11.5. The number of carbonyl (C=O) groups is 3. The zero-order chi connectivity index (χ0) is 52.5. The standard InChI is InChI=1S/C66H128O6/c1-6-8-9-10-11-12-13-14-19-26-31-36-41-46-51-56-64(67)70-59-63(72-66(69)58-53-48-43-38-33-28-23-22-24-29-34-39-44-49-54-61(3)4)60-71-65(68)57-52-47-42-37-32-27-21-18-16-15-17-20-25-30-35-40-45-50-55-62(5)7-2/h61-63H,6-60H2,1-5H3/t62?,63-/m0/s1. The number of esters is 3. The van der Waals surface area contributed by atoms with Crippen LogP contribution in [0, 0.1) is 11.8 Å². The van der Waals surface area contributed by atoms with Crippen LogP contribution in [-0.4, -0.2) is 37.2 Å². The van der Waals surface area contributed by atoms with Gasteiger partial charge < -0.3 is 14.2 Å². The highest BCUT2D eigenvalue weighted by Gasteiger charge is 2.19. The van der Waals surface area contributed by atoms with Crippen LogP contribution in [0.25, 0.3) is 0 Å². The molecule has 0 radical (unpaired) electrons. The predicted octanol–water partition coefficient (Wildman–Crippen LogP) is 22.0. The lowest BCUT2D eigenvalue weighted by Crippen LogP contribution is -2.30. The molecule has 6 nitrogen and oxygen atoms in total. The Balaban J connectivity index is 4.26. The van der Waals surface area contributed by atoms with E-state index in [-0.39, 0.29) is 31.1 Å². The molecule has 0 aromatic carbocycles. The Labute approximate surface area is 450 Å². The van der Waals surface area contributed by atoms with Gasteiger partial charge in [-0.1, -0.05) is 336 Å². The number of ether oxygens (including phenoxy) is 3. The number of hydrogen-bond donors (Lipinski definition) is 0. The van der Waals surface area contributed by atoms with Crippen LogP contribution in [0.2, 0.25) is 0 Å². The van der Waals surface area contributed by atoms with Gasteiger partial charge in [-0.2, -0.15) is 0 Å². The summed E-state index contributed by atoms with van der Waals surface area (Å²) in [5, 5.41) is 0. The second kappa shape index (κ2) is 58.7. The molecule has 0 aliphatic carbocycles. The van der Waals surface area contributed by atoms with Gasteiger partial charge in [0, 0.05) is 19.3 Å². The van der Waals surface area contributed by atoms with Gasteiger partial charge in [0.25, 0.3) is 0 Å². The Bertz CT molecular complexity index is 1110. The molecular formula is C66H128O6. The van der Waals surface area contributed by atoms with Crippen molar-refractivity contribution in [3.63, 3.8) is 0 Å². The number of hydrogen-bond acceptors (Lipinski definition) is 6.